The van der Waals surface area contributed by atoms with Crippen molar-refractivity contribution in [3.05, 3.63) is 66.1 Å². The molecule has 0 unspecified atom stereocenters. The van der Waals surface area contributed by atoms with Gasteiger partial charge in [-0.1, -0.05) is 37.5 Å². The molecule has 3 aromatic rings. The van der Waals surface area contributed by atoms with E-state index in [1.165, 1.54) is 6.07 Å². The highest BCUT2D eigenvalue weighted by Crippen LogP contribution is 2.42. The fourth-order valence-corrected chi connectivity index (χ4v) is 4.47. The lowest BCUT2D eigenvalue weighted by atomic mass is 9.68. The molecule has 156 valence electrons. The standard InChI is InChI=1S/C25H27FN2O2/c1-17(2)30-22-13-12-21(18-9-8-16-27-23(18)22)28-24(29)25(14-6-3-7-15-25)19-10-4-5-11-20(19)26/h4-5,8-13,16-17H,3,6-7,14-15H2,1-2H3,(H,28,29). The number of carbonyl (C=O) groups is 1. The van der Waals surface area contributed by atoms with Gasteiger partial charge in [0, 0.05) is 17.1 Å². The maximum atomic E-state index is 14.7. The van der Waals surface area contributed by atoms with E-state index in [0.29, 0.717) is 35.4 Å². The number of pyridine rings is 1. The Kier molecular flexibility index (Phi) is 5.71. The van der Waals surface area contributed by atoms with Gasteiger partial charge in [0.1, 0.15) is 17.1 Å². The number of nitrogens with zero attached hydrogens (tertiary/aromatic N) is 1. The molecule has 0 spiro atoms. The molecule has 1 saturated carbocycles. The number of hydrogen-bond donors (Lipinski definition) is 1. The van der Waals surface area contributed by atoms with E-state index in [9.17, 15) is 9.18 Å². The molecule has 1 aliphatic rings. The maximum Gasteiger partial charge on any atom is 0.235 e. The Morgan fingerprint density at radius 3 is 2.57 bits per heavy atom. The molecule has 0 saturated heterocycles. The van der Waals surface area contributed by atoms with Crippen molar-refractivity contribution in [1.82, 2.24) is 4.98 Å². The molecular weight excluding hydrogens is 379 g/mol. The average molecular weight is 407 g/mol. The first-order chi connectivity index (χ1) is 14.5. The predicted octanol–water partition coefficient (Wildman–Crippen LogP) is 6.00. The van der Waals surface area contributed by atoms with Crippen molar-refractivity contribution < 1.29 is 13.9 Å². The summed E-state index contributed by atoms with van der Waals surface area (Å²) in [5.74, 6) is 0.205. The van der Waals surface area contributed by atoms with E-state index >= 15 is 0 Å². The van der Waals surface area contributed by atoms with Gasteiger partial charge in [-0.3, -0.25) is 9.78 Å². The summed E-state index contributed by atoms with van der Waals surface area (Å²) in [5.41, 5.74) is 1.00. The number of aromatic nitrogens is 1. The van der Waals surface area contributed by atoms with Gasteiger partial charge in [-0.05, 0) is 57.0 Å². The normalized spacial score (nSPS) is 15.9. The number of fused-ring (bicyclic) bond motifs is 1. The topological polar surface area (TPSA) is 51.2 Å². The van der Waals surface area contributed by atoms with Gasteiger partial charge in [-0.25, -0.2) is 4.39 Å². The number of amides is 1. The van der Waals surface area contributed by atoms with Gasteiger partial charge in [0.05, 0.1) is 17.2 Å². The molecule has 1 aliphatic carbocycles. The lowest BCUT2D eigenvalue weighted by molar-refractivity contribution is -0.122. The number of nitrogens with one attached hydrogen (secondary N) is 1. The van der Waals surface area contributed by atoms with E-state index in [1.807, 2.05) is 38.1 Å². The summed E-state index contributed by atoms with van der Waals surface area (Å²) in [6, 6.07) is 14.1. The van der Waals surface area contributed by atoms with Gasteiger partial charge in [0.2, 0.25) is 5.91 Å². The Hall–Kier alpha value is -2.95. The fraction of sp³-hybridized carbons (Fsp3) is 0.360. The van der Waals surface area contributed by atoms with Crippen LogP contribution in [0.25, 0.3) is 10.9 Å². The summed E-state index contributed by atoms with van der Waals surface area (Å²) in [5, 5.41) is 3.91. The fourth-order valence-electron chi connectivity index (χ4n) is 4.47. The van der Waals surface area contributed by atoms with Crippen LogP contribution < -0.4 is 10.1 Å². The van der Waals surface area contributed by atoms with Crippen LogP contribution in [0.15, 0.2) is 54.7 Å². The van der Waals surface area contributed by atoms with E-state index in [0.717, 1.165) is 24.6 Å². The van der Waals surface area contributed by atoms with Crippen LogP contribution in [-0.4, -0.2) is 17.0 Å². The maximum absolute atomic E-state index is 14.7. The molecule has 0 aliphatic heterocycles. The van der Waals surface area contributed by atoms with Gasteiger partial charge in [-0.15, -0.1) is 0 Å². The van der Waals surface area contributed by atoms with E-state index < -0.39 is 5.41 Å². The van der Waals surface area contributed by atoms with Gasteiger partial charge in [-0.2, -0.15) is 0 Å². The quantitative estimate of drug-likeness (QED) is 0.565. The summed E-state index contributed by atoms with van der Waals surface area (Å²) < 4.78 is 20.6. The van der Waals surface area contributed by atoms with Crippen LogP contribution in [-0.2, 0) is 10.2 Å². The van der Waals surface area contributed by atoms with Crippen molar-refractivity contribution in [3.8, 4) is 5.75 Å². The monoisotopic (exact) mass is 406 g/mol. The SMILES string of the molecule is CC(C)Oc1ccc(NC(=O)C2(c3ccccc3F)CCCCC2)c2cccnc12. The highest BCUT2D eigenvalue weighted by molar-refractivity contribution is 6.06. The summed E-state index contributed by atoms with van der Waals surface area (Å²) in [4.78, 5) is 18.1. The zero-order valence-corrected chi connectivity index (χ0v) is 17.5. The molecule has 0 atom stereocenters. The molecular formula is C25H27FN2O2. The number of hydrogen-bond acceptors (Lipinski definition) is 3. The van der Waals surface area contributed by atoms with Gasteiger partial charge < -0.3 is 10.1 Å². The van der Waals surface area contributed by atoms with Crippen LogP contribution in [0.2, 0.25) is 0 Å². The molecule has 5 heteroatoms. The Labute approximate surface area is 176 Å². The Bertz CT molecular complexity index is 1060. The Morgan fingerprint density at radius 1 is 1.07 bits per heavy atom. The molecule has 2 aromatic carbocycles. The molecule has 1 N–H and O–H groups in total. The number of anilines is 1. The van der Waals surface area contributed by atoms with Crippen molar-refractivity contribution in [3.63, 3.8) is 0 Å². The predicted molar refractivity (Wildman–Crippen MR) is 117 cm³/mol. The second kappa shape index (κ2) is 8.42. The van der Waals surface area contributed by atoms with E-state index in [4.69, 9.17) is 4.74 Å². The highest BCUT2D eigenvalue weighted by Gasteiger charge is 2.43. The number of halogens is 1. The molecule has 0 bridgehead atoms. The zero-order chi connectivity index (χ0) is 21.1. The van der Waals surface area contributed by atoms with Crippen molar-refractivity contribution >= 4 is 22.5 Å². The van der Waals surface area contributed by atoms with E-state index in [2.05, 4.69) is 10.3 Å². The second-order valence-electron chi connectivity index (χ2n) is 8.25. The molecule has 0 radical (unpaired) electrons. The van der Waals surface area contributed by atoms with Crippen LogP contribution in [0.4, 0.5) is 10.1 Å². The van der Waals surface area contributed by atoms with Crippen molar-refractivity contribution in [2.45, 2.75) is 57.5 Å². The summed E-state index contributed by atoms with van der Waals surface area (Å²) in [7, 11) is 0. The second-order valence-corrected chi connectivity index (χ2v) is 8.25. The molecule has 30 heavy (non-hydrogen) atoms. The van der Waals surface area contributed by atoms with Crippen molar-refractivity contribution in [2.75, 3.05) is 5.32 Å². The third-order valence-electron chi connectivity index (χ3n) is 5.87. The van der Waals surface area contributed by atoms with Crippen molar-refractivity contribution in [2.24, 2.45) is 0 Å². The van der Waals surface area contributed by atoms with E-state index in [1.54, 1.807) is 24.4 Å². The lowest BCUT2D eigenvalue weighted by Gasteiger charge is -2.36. The minimum absolute atomic E-state index is 0.0159. The van der Waals surface area contributed by atoms with E-state index in [-0.39, 0.29) is 17.8 Å². The molecule has 1 fully saturated rings. The number of ether oxygens (including phenoxy) is 1. The number of carbonyl (C=O) groups excluding carboxylic acids is 1. The van der Waals surface area contributed by atoms with Gasteiger partial charge in [0.25, 0.3) is 0 Å². The minimum Gasteiger partial charge on any atom is -0.489 e. The highest BCUT2D eigenvalue weighted by atomic mass is 19.1. The van der Waals surface area contributed by atoms with Crippen LogP contribution in [0.3, 0.4) is 0 Å². The first kappa shape index (κ1) is 20.3. The lowest BCUT2D eigenvalue weighted by Crippen LogP contribution is -2.42. The van der Waals surface area contributed by atoms with Gasteiger partial charge >= 0.3 is 0 Å². The molecule has 1 heterocycles. The third-order valence-corrected chi connectivity index (χ3v) is 5.87. The Morgan fingerprint density at radius 2 is 1.83 bits per heavy atom. The smallest absolute Gasteiger partial charge is 0.235 e. The zero-order valence-electron chi connectivity index (χ0n) is 17.5. The first-order valence-corrected chi connectivity index (χ1v) is 10.6. The summed E-state index contributed by atoms with van der Waals surface area (Å²) in [6.45, 7) is 3.93. The minimum atomic E-state index is -0.856. The Balaban J connectivity index is 1.73. The van der Waals surface area contributed by atoms with Crippen LogP contribution in [0, 0.1) is 5.82 Å². The third kappa shape index (κ3) is 3.76. The molecule has 4 nitrogen and oxygen atoms in total. The van der Waals surface area contributed by atoms with Crippen molar-refractivity contribution in [1.29, 1.82) is 0 Å². The molecule has 1 aromatic heterocycles. The average Bonchev–Trinajstić information content (AvgIpc) is 2.76. The van der Waals surface area contributed by atoms with Crippen LogP contribution in [0.1, 0.15) is 51.5 Å². The van der Waals surface area contributed by atoms with Gasteiger partial charge in [0.15, 0.2) is 0 Å². The van der Waals surface area contributed by atoms with Crippen LogP contribution >= 0.6 is 0 Å². The number of benzene rings is 2. The van der Waals surface area contributed by atoms with Crippen LogP contribution in [0.5, 0.6) is 5.75 Å². The summed E-state index contributed by atoms with van der Waals surface area (Å²) >= 11 is 0. The largest absolute Gasteiger partial charge is 0.489 e. The first-order valence-electron chi connectivity index (χ1n) is 10.6. The number of rotatable bonds is 5. The summed E-state index contributed by atoms with van der Waals surface area (Å²) in [6.07, 6.45) is 5.90. The molecule has 4 rings (SSSR count). The molecule has 1 amide bonds.